The quantitative estimate of drug-likeness (QED) is 0.616. The second-order valence-corrected chi connectivity index (χ2v) is 4.30. The molecule has 16 heavy (non-hydrogen) atoms. The van der Waals surface area contributed by atoms with Crippen LogP contribution >= 0.6 is 0 Å². The van der Waals surface area contributed by atoms with E-state index in [2.05, 4.69) is 25.1 Å². The molecule has 0 N–H and O–H groups in total. The summed E-state index contributed by atoms with van der Waals surface area (Å²) in [5, 5.41) is 0. The average molecular weight is 216 g/mol. The van der Waals surface area contributed by atoms with E-state index in [1.54, 1.807) is 12.2 Å². The minimum Gasteiger partial charge on any atom is -0.330 e. The fourth-order valence-corrected chi connectivity index (χ4v) is 2.23. The van der Waals surface area contributed by atoms with Gasteiger partial charge in [-0.05, 0) is 18.4 Å². The van der Waals surface area contributed by atoms with Gasteiger partial charge in [-0.1, -0.05) is 26.2 Å². The van der Waals surface area contributed by atoms with Crippen LogP contribution in [0.5, 0.6) is 0 Å². The minimum absolute atomic E-state index is 0.0248. The van der Waals surface area contributed by atoms with Crippen LogP contribution in [-0.2, 0) is 4.79 Å². The van der Waals surface area contributed by atoms with Crippen molar-refractivity contribution in [1.29, 1.82) is 0 Å². The van der Waals surface area contributed by atoms with Crippen molar-refractivity contribution in [3.63, 3.8) is 0 Å². The summed E-state index contributed by atoms with van der Waals surface area (Å²) in [7, 11) is 0. The first-order chi connectivity index (χ1) is 7.65. The number of rotatable bonds is 1. The zero-order valence-corrected chi connectivity index (χ0v) is 9.52. The number of fused-ring (bicyclic) bond motifs is 1. The van der Waals surface area contributed by atoms with E-state index in [9.17, 15) is 4.79 Å². The number of hydrogen-bond donors (Lipinski definition) is 0. The molecule has 0 radical (unpaired) electrons. The molecule has 2 rings (SSSR count). The molecule has 0 bridgehead atoms. The van der Waals surface area contributed by atoms with E-state index in [1.807, 2.05) is 11.1 Å². The molecule has 3 nitrogen and oxygen atoms in total. The lowest BCUT2D eigenvalue weighted by Crippen LogP contribution is -2.37. The van der Waals surface area contributed by atoms with Crippen LogP contribution in [-0.4, -0.2) is 29.6 Å². The highest BCUT2D eigenvalue weighted by atomic mass is 16.2. The van der Waals surface area contributed by atoms with Gasteiger partial charge in [0.25, 0.3) is 5.91 Å². The number of carbonyl (C=O) groups is 1. The Morgan fingerprint density at radius 1 is 1.62 bits per heavy atom. The number of carbonyl (C=O) groups excluding carboxylic acids is 1. The molecule has 0 spiro atoms. The van der Waals surface area contributed by atoms with Crippen molar-refractivity contribution in [1.82, 2.24) is 4.90 Å². The molecule has 2 heterocycles. The highest BCUT2D eigenvalue weighted by Gasteiger charge is 2.36. The molecule has 1 fully saturated rings. The summed E-state index contributed by atoms with van der Waals surface area (Å²) in [5.74, 6) is 0.500. The Morgan fingerprint density at radius 3 is 3.06 bits per heavy atom. The Labute approximate surface area is 95.9 Å². The third kappa shape index (κ3) is 1.62. The predicted octanol–water partition coefficient (Wildman–Crippen LogP) is 1.93. The van der Waals surface area contributed by atoms with Gasteiger partial charge < -0.3 is 4.90 Å². The molecule has 0 aromatic heterocycles. The van der Waals surface area contributed by atoms with Gasteiger partial charge in [-0.3, -0.25) is 9.79 Å². The zero-order valence-electron chi connectivity index (χ0n) is 9.52. The van der Waals surface area contributed by atoms with Gasteiger partial charge in [0.2, 0.25) is 0 Å². The van der Waals surface area contributed by atoms with E-state index in [1.165, 1.54) is 0 Å². The highest BCUT2D eigenvalue weighted by Crippen LogP contribution is 2.28. The van der Waals surface area contributed by atoms with Gasteiger partial charge in [-0.25, -0.2) is 0 Å². The van der Waals surface area contributed by atoms with Crippen molar-refractivity contribution in [2.75, 3.05) is 6.54 Å². The van der Waals surface area contributed by atoms with Crippen LogP contribution in [0.4, 0.5) is 0 Å². The lowest BCUT2D eigenvalue weighted by atomic mass is 10.0. The van der Waals surface area contributed by atoms with Crippen molar-refractivity contribution < 1.29 is 4.79 Å². The van der Waals surface area contributed by atoms with Crippen molar-refractivity contribution in [3.8, 4) is 0 Å². The first-order valence-electron chi connectivity index (χ1n) is 5.52. The average Bonchev–Trinajstić information content (AvgIpc) is 2.58. The number of aliphatic imine (C=N–C) groups is 1. The van der Waals surface area contributed by atoms with Gasteiger partial charge in [0.05, 0.1) is 17.3 Å². The van der Waals surface area contributed by atoms with Crippen LogP contribution in [0.2, 0.25) is 0 Å². The molecule has 1 saturated heterocycles. The summed E-state index contributed by atoms with van der Waals surface area (Å²) in [4.78, 5) is 18.4. The van der Waals surface area contributed by atoms with E-state index in [0.717, 1.165) is 13.0 Å². The fourth-order valence-electron chi connectivity index (χ4n) is 2.23. The van der Waals surface area contributed by atoms with Crippen molar-refractivity contribution in [2.24, 2.45) is 10.9 Å². The van der Waals surface area contributed by atoms with Crippen molar-refractivity contribution in [3.05, 3.63) is 36.6 Å². The third-order valence-corrected chi connectivity index (χ3v) is 3.24. The monoisotopic (exact) mass is 216 g/mol. The molecule has 1 unspecified atom stereocenters. The molecule has 0 saturated carbocycles. The molecular formula is C13H16N2O. The van der Waals surface area contributed by atoms with Crippen LogP contribution in [0.1, 0.15) is 13.3 Å². The van der Waals surface area contributed by atoms with Gasteiger partial charge in [0.1, 0.15) is 0 Å². The molecular weight excluding hydrogens is 200 g/mol. The first kappa shape index (κ1) is 10.9. The van der Waals surface area contributed by atoms with Crippen molar-refractivity contribution >= 4 is 12.1 Å². The maximum absolute atomic E-state index is 12.2. The normalized spacial score (nSPS) is 31.8. The van der Waals surface area contributed by atoms with E-state index in [-0.39, 0.29) is 11.9 Å². The predicted molar refractivity (Wildman–Crippen MR) is 65.2 cm³/mol. The SMILES string of the molecule is C=C/C=C1\C(=C)N=C[C@@H]2C(C)CCN2C1=O. The summed E-state index contributed by atoms with van der Waals surface area (Å²) >= 11 is 0. The number of hydrogen-bond acceptors (Lipinski definition) is 2. The third-order valence-electron chi connectivity index (χ3n) is 3.24. The van der Waals surface area contributed by atoms with Crippen LogP contribution in [0.25, 0.3) is 0 Å². The van der Waals surface area contributed by atoms with Crippen LogP contribution in [0.15, 0.2) is 41.6 Å². The van der Waals surface area contributed by atoms with Gasteiger partial charge >= 0.3 is 0 Å². The largest absolute Gasteiger partial charge is 0.330 e. The molecule has 2 atom stereocenters. The summed E-state index contributed by atoms with van der Waals surface area (Å²) < 4.78 is 0. The second-order valence-electron chi connectivity index (χ2n) is 4.30. The molecule has 2 aliphatic heterocycles. The number of nitrogens with zero attached hydrogens (tertiary/aromatic N) is 2. The van der Waals surface area contributed by atoms with Gasteiger partial charge in [-0.2, -0.15) is 0 Å². The van der Waals surface area contributed by atoms with Crippen LogP contribution < -0.4 is 0 Å². The standard InChI is InChI=1S/C13H16N2O/c1-4-5-11-10(3)14-8-12-9(2)6-7-15(12)13(11)16/h4-5,8-9,12H,1,3,6-7H2,2H3/b11-5+/t9?,12-/m1/s1. The molecule has 0 aromatic rings. The number of amides is 1. The summed E-state index contributed by atoms with van der Waals surface area (Å²) in [5.41, 5.74) is 1.09. The van der Waals surface area contributed by atoms with E-state index in [0.29, 0.717) is 17.2 Å². The molecule has 1 amide bonds. The molecule has 2 aliphatic rings. The summed E-state index contributed by atoms with van der Waals surface area (Å²) in [6.45, 7) is 10.4. The van der Waals surface area contributed by atoms with E-state index in [4.69, 9.17) is 0 Å². The van der Waals surface area contributed by atoms with Crippen LogP contribution in [0, 0.1) is 5.92 Å². The first-order valence-corrected chi connectivity index (χ1v) is 5.52. The van der Waals surface area contributed by atoms with E-state index < -0.39 is 0 Å². The zero-order chi connectivity index (χ0) is 11.7. The molecule has 3 heteroatoms. The van der Waals surface area contributed by atoms with Crippen molar-refractivity contribution in [2.45, 2.75) is 19.4 Å². The summed E-state index contributed by atoms with van der Waals surface area (Å²) in [6.07, 6.45) is 6.18. The minimum atomic E-state index is 0.0248. The highest BCUT2D eigenvalue weighted by molar-refractivity contribution is 6.01. The maximum atomic E-state index is 12.2. The lowest BCUT2D eigenvalue weighted by molar-refractivity contribution is -0.126. The summed E-state index contributed by atoms with van der Waals surface area (Å²) in [6, 6.07) is 0.125. The second kappa shape index (κ2) is 4.08. The molecule has 0 aliphatic carbocycles. The molecule has 84 valence electrons. The van der Waals surface area contributed by atoms with Gasteiger partial charge in [0, 0.05) is 12.8 Å². The topological polar surface area (TPSA) is 32.7 Å². The van der Waals surface area contributed by atoms with E-state index >= 15 is 0 Å². The Kier molecular flexibility index (Phi) is 2.77. The van der Waals surface area contributed by atoms with Crippen LogP contribution in [0.3, 0.4) is 0 Å². The smallest absolute Gasteiger partial charge is 0.256 e. The molecule has 0 aromatic carbocycles. The number of allylic oxidation sites excluding steroid dienone is 2. The fraction of sp³-hybridized carbons (Fsp3) is 0.385. The Balaban J connectivity index is 2.40. The Hall–Kier alpha value is -1.64. The lowest BCUT2D eigenvalue weighted by Gasteiger charge is -2.22. The Bertz CT molecular complexity index is 406. The maximum Gasteiger partial charge on any atom is 0.256 e. The van der Waals surface area contributed by atoms with Gasteiger partial charge in [0.15, 0.2) is 0 Å². The van der Waals surface area contributed by atoms with Gasteiger partial charge in [-0.15, -0.1) is 0 Å². The Morgan fingerprint density at radius 2 is 2.38 bits per heavy atom.